The van der Waals surface area contributed by atoms with Gasteiger partial charge in [0.2, 0.25) is 23.6 Å². The number of nitrogens with zero attached hydrogens (tertiary/aromatic N) is 3. The van der Waals surface area contributed by atoms with Crippen LogP contribution in [0.1, 0.15) is 34.6 Å². The molecule has 78 valence electrons. The van der Waals surface area contributed by atoms with Gasteiger partial charge in [0, 0.05) is 3.74 Å². The van der Waals surface area contributed by atoms with Gasteiger partial charge in [0.15, 0.2) is 6.17 Å². The summed E-state index contributed by atoms with van der Waals surface area (Å²) in [6.07, 6.45) is 0.301. The van der Waals surface area contributed by atoms with Gasteiger partial charge in [-0.05, 0) is 34.6 Å². The third-order valence-corrected chi connectivity index (χ3v) is 3.08. The lowest BCUT2D eigenvalue weighted by Crippen LogP contribution is -2.79. The second kappa shape index (κ2) is 3.55. The molecular weight excluding hydrogens is 209 g/mol. The number of quaternary nitrogens is 1. The van der Waals surface area contributed by atoms with E-state index in [-0.39, 0.29) is 3.74 Å². The van der Waals surface area contributed by atoms with Gasteiger partial charge in [0.1, 0.15) is 0 Å². The molecule has 1 rings (SSSR count). The summed E-state index contributed by atoms with van der Waals surface area (Å²) in [5.74, 6) is 0. The summed E-state index contributed by atoms with van der Waals surface area (Å²) in [6.45, 7) is 10.5. The molecule has 0 N–H and O–H groups in total. The van der Waals surface area contributed by atoms with Crippen molar-refractivity contribution in [2.24, 2.45) is 0 Å². The Morgan fingerprint density at radius 1 is 1.00 bits per heavy atom. The Morgan fingerprint density at radius 2 is 1.31 bits per heavy atom. The van der Waals surface area contributed by atoms with Crippen molar-refractivity contribution in [2.75, 3.05) is 0 Å². The Kier molecular flexibility index (Phi) is 3.15. The average molecular weight is 227 g/mol. The molecule has 0 aliphatic carbocycles. The van der Waals surface area contributed by atoms with E-state index in [1.165, 1.54) is 0 Å². The first-order chi connectivity index (χ1) is 5.80. The fraction of sp³-hybridized carbons (Fsp3) is 1.00. The minimum absolute atomic E-state index is 0.156. The minimum Gasteiger partial charge on any atom is -0.0739 e. The van der Waals surface area contributed by atoms with Gasteiger partial charge < -0.3 is 0 Å². The van der Waals surface area contributed by atoms with Crippen LogP contribution >= 0.6 is 23.6 Å². The van der Waals surface area contributed by atoms with E-state index >= 15 is 0 Å². The van der Waals surface area contributed by atoms with Crippen molar-refractivity contribution in [1.29, 1.82) is 0 Å². The van der Waals surface area contributed by atoms with Crippen molar-refractivity contribution in [1.82, 2.24) is 10.0 Å². The third-order valence-electron chi connectivity index (χ3n) is 2.38. The topological polar surface area (TPSA) is 6.48 Å². The highest BCUT2D eigenvalue weighted by Crippen LogP contribution is 2.43. The molecule has 1 fully saturated rings. The first-order valence-electron chi connectivity index (χ1n) is 4.66. The van der Waals surface area contributed by atoms with Gasteiger partial charge >= 0.3 is 0 Å². The first kappa shape index (κ1) is 11.5. The zero-order valence-electron chi connectivity index (χ0n) is 8.83. The largest absolute Gasteiger partial charge is 0.236 e. The summed E-state index contributed by atoms with van der Waals surface area (Å²) in [5.41, 5.74) is 0. The maximum absolute atomic E-state index is 6.18. The Balaban J connectivity index is 2.76. The van der Waals surface area contributed by atoms with Gasteiger partial charge in [-0.2, -0.15) is 0 Å². The van der Waals surface area contributed by atoms with Gasteiger partial charge in [-0.1, -0.05) is 10.0 Å². The van der Waals surface area contributed by atoms with Crippen LogP contribution in [0, 0.1) is 0 Å². The Bertz CT molecular complexity index is 176. The van der Waals surface area contributed by atoms with Crippen LogP contribution < -0.4 is 0 Å². The van der Waals surface area contributed by atoms with E-state index in [0.29, 0.717) is 18.2 Å². The van der Waals surface area contributed by atoms with Crippen LogP contribution in [-0.4, -0.2) is 32.0 Å². The van der Waals surface area contributed by atoms with Crippen molar-refractivity contribution in [3.05, 3.63) is 0 Å². The minimum atomic E-state index is -0.156. The second-order valence-corrected chi connectivity index (χ2v) is 5.15. The van der Waals surface area contributed by atoms with Gasteiger partial charge in [-0.3, -0.25) is 0 Å². The molecule has 0 saturated carbocycles. The van der Waals surface area contributed by atoms with Crippen LogP contribution in [-0.2, 0) is 0 Å². The SMILES string of the molecule is CC(C)N1C(C)N(C(C)C)[N+]1(Cl)Cl. The highest BCUT2D eigenvalue weighted by Gasteiger charge is 2.61. The van der Waals surface area contributed by atoms with E-state index in [9.17, 15) is 0 Å². The molecule has 13 heavy (non-hydrogen) atoms. The fourth-order valence-electron chi connectivity index (χ4n) is 2.01. The predicted octanol–water partition coefficient (Wildman–Crippen LogP) is 2.72. The molecule has 0 unspecified atom stereocenters. The summed E-state index contributed by atoms with van der Waals surface area (Å²) in [6, 6.07) is 0.694. The highest BCUT2D eigenvalue weighted by molar-refractivity contribution is 6.23. The second-order valence-electron chi connectivity index (χ2n) is 4.04. The van der Waals surface area contributed by atoms with Crippen LogP contribution in [0.4, 0.5) is 0 Å². The number of halogens is 2. The summed E-state index contributed by atoms with van der Waals surface area (Å²) in [4.78, 5) is 0. The van der Waals surface area contributed by atoms with Crippen LogP contribution in [0.2, 0.25) is 0 Å². The summed E-state index contributed by atoms with van der Waals surface area (Å²) >= 11 is 12.4. The van der Waals surface area contributed by atoms with Gasteiger partial charge in [-0.15, -0.1) is 0 Å². The van der Waals surface area contributed by atoms with E-state index < -0.39 is 0 Å². The molecule has 1 aliphatic heterocycles. The highest BCUT2D eigenvalue weighted by atomic mass is 35.5. The van der Waals surface area contributed by atoms with E-state index in [4.69, 9.17) is 23.6 Å². The zero-order valence-corrected chi connectivity index (χ0v) is 10.3. The summed E-state index contributed by atoms with van der Waals surface area (Å²) < 4.78 is -0.156. The Labute approximate surface area is 90.5 Å². The van der Waals surface area contributed by atoms with Gasteiger partial charge in [0.05, 0.1) is 12.1 Å². The first-order valence-corrected chi connectivity index (χ1v) is 5.33. The predicted molar refractivity (Wildman–Crippen MR) is 55.4 cm³/mol. The van der Waals surface area contributed by atoms with Crippen molar-refractivity contribution >= 4 is 23.6 Å². The molecule has 3 nitrogen and oxygen atoms in total. The van der Waals surface area contributed by atoms with E-state index in [1.54, 1.807) is 0 Å². The van der Waals surface area contributed by atoms with Crippen molar-refractivity contribution in [3.63, 3.8) is 0 Å². The molecule has 1 aliphatic rings. The molecule has 1 saturated heterocycles. The number of rotatable bonds is 2. The zero-order chi connectivity index (χ0) is 10.4. The van der Waals surface area contributed by atoms with Crippen LogP contribution in [0.5, 0.6) is 0 Å². The molecular formula is C8H18Cl2N3+. The van der Waals surface area contributed by atoms with Gasteiger partial charge in [0.25, 0.3) is 0 Å². The van der Waals surface area contributed by atoms with E-state index in [2.05, 4.69) is 34.6 Å². The molecule has 0 bridgehead atoms. The lowest BCUT2D eigenvalue weighted by atomic mass is 10.2. The monoisotopic (exact) mass is 226 g/mol. The summed E-state index contributed by atoms with van der Waals surface area (Å²) in [5, 5.41) is 4.06. The van der Waals surface area contributed by atoms with Crippen molar-refractivity contribution < 1.29 is 3.74 Å². The van der Waals surface area contributed by atoms with Gasteiger partial charge in [-0.25, -0.2) is 0 Å². The molecule has 0 atom stereocenters. The van der Waals surface area contributed by atoms with E-state index in [1.807, 2.05) is 10.0 Å². The van der Waals surface area contributed by atoms with Crippen molar-refractivity contribution in [3.8, 4) is 0 Å². The van der Waals surface area contributed by atoms with Crippen molar-refractivity contribution in [2.45, 2.75) is 52.9 Å². The molecule has 0 aromatic rings. The number of hydrogen-bond acceptors (Lipinski definition) is 2. The van der Waals surface area contributed by atoms with Crippen LogP contribution in [0.3, 0.4) is 0 Å². The Hall–Kier alpha value is 0.460. The third kappa shape index (κ3) is 1.68. The fourth-order valence-corrected chi connectivity index (χ4v) is 3.22. The molecule has 0 amide bonds. The maximum Gasteiger partial charge on any atom is 0.236 e. The average Bonchev–Trinajstić information content (AvgIpc) is 1.81. The summed E-state index contributed by atoms with van der Waals surface area (Å²) in [7, 11) is 0. The molecule has 0 aromatic heterocycles. The Morgan fingerprint density at radius 3 is 1.46 bits per heavy atom. The molecule has 5 heteroatoms. The van der Waals surface area contributed by atoms with Crippen LogP contribution in [0.25, 0.3) is 0 Å². The number of hydrogen-bond donors (Lipinski definition) is 0. The van der Waals surface area contributed by atoms with E-state index in [0.717, 1.165) is 0 Å². The van der Waals surface area contributed by atoms with Crippen LogP contribution in [0.15, 0.2) is 0 Å². The normalized spacial score (nSPS) is 25.6. The lowest BCUT2D eigenvalue weighted by molar-refractivity contribution is -1.03. The quantitative estimate of drug-likeness (QED) is 0.669. The standard InChI is InChI=1S/C8H18Cl2N3/c1-6(2)11-8(5)12(7(3)4)13(11,9)10/h6-8H,1-5H3/q+1. The maximum atomic E-state index is 6.18. The molecule has 1 heterocycles. The molecule has 0 spiro atoms. The molecule has 0 aromatic carbocycles. The molecule has 0 radical (unpaired) electrons. The smallest absolute Gasteiger partial charge is 0.0739 e. The lowest BCUT2D eigenvalue weighted by Gasteiger charge is -2.55.